The van der Waals surface area contributed by atoms with Gasteiger partial charge in [0.05, 0.1) is 33.5 Å². The zero-order valence-corrected chi connectivity index (χ0v) is 19.5. The normalized spacial score (nSPS) is 10.5. The first-order valence-electron chi connectivity index (χ1n) is 10.7. The second-order valence-electron chi connectivity index (χ2n) is 6.88. The van der Waals surface area contributed by atoms with Gasteiger partial charge in [0.2, 0.25) is 17.2 Å². The van der Waals surface area contributed by atoms with Crippen molar-refractivity contribution >= 4 is 35.1 Å². The average molecular weight is 487 g/mol. The third-order valence-corrected chi connectivity index (χ3v) is 4.59. The summed E-state index contributed by atoms with van der Waals surface area (Å²) in [6, 6.07) is 16.4. The van der Waals surface area contributed by atoms with Crippen LogP contribution in [-0.2, 0) is 9.47 Å². The molecule has 0 unspecified atom stereocenters. The van der Waals surface area contributed by atoms with E-state index in [4.69, 9.17) is 25.8 Å². The SMILES string of the molecule is COc1ccc(Nc2nc(Cl)nc(NCCOCCOCCNC(=O)c3ccccc3)n2)cc1. The van der Waals surface area contributed by atoms with Crippen molar-refractivity contribution in [2.45, 2.75) is 0 Å². The number of carbonyl (C=O) groups is 1. The Balaban J connectivity index is 1.26. The fourth-order valence-corrected chi connectivity index (χ4v) is 2.93. The Kier molecular flexibility index (Phi) is 10.3. The van der Waals surface area contributed by atoms with E-state index < -0.39 is 0 Å². The Hall–Kier alpha value is -3.47. The van der Waals surface area contributed by atoms with Crippen molar-refractivity contribution in [3.8, 4) is 5.75 Å². The number of aromatic nitrogens is 3. The molecule has 1 aromatic heterocycles. The number of nitrogens with one attached hydrogen (secondary N) is 3. The van der Waals surface area contributed by atoms with Gasteiger partial charge in [-0.15, -0.1) is 0 Å². The van der Waals surface area contributed by atoms with Crippen molar-refractivity contribution in [1.29, 1.82) is 0 Å². The van der Waals surface area contributed by atoms with Gasteiger partial charge in [-0.2, -0.15) is 15.0 Å². The highest BCUT2D eigenvalue weighted by molar-refractivity contribution is 6.28. The minimum Gasteiger partial charge on any atom is -0.497 e. The molecule has 1 amide bonds. The van der Waals surface area contributed by atoms with E-state index in [1.165, 1.54) is 0 Å². The summed E-state index contributed by atoms with van der Waals surface area (Å²) in [7, 11) is 1.61. The van der Waals surface area contributed by atoms with E-state index in [0.29, 0.717) is 57.0 Å². The van der Waals surface area contributed by atoms with Gasteiger partial charge in [-0.25, -0.2) is 0 Å². The van der Waals surface area contributed by atoms with Gasteiger partial charge in [-0.3, -0.25) is 4.79 Å². The highest BCUT2D eigenvalue weighted by Crippen LogP contribution is 2.19. The van der Waals surface area contributed by atoms with Crippen LogP contribution in [0.25, 0.3) is 0 Å². The van der Waals surface area contributed by atoms with Gasteiger partial charge in [0.15, 0.2) is 0 Å². The second kappa shape index (κ2) is 13.9. The molecule has 11 heteroatoms. The Morgan fingerprint density at radius 1 is 0.853 bits per heavy atom. The summed E-state index contributed by atoms with van der Waals surface area (Å²) < 4.78 is 16.1. The number of nitrogens with zero attached hydrogens (tertiary/aromatic N) is 3. The maximum atomic E-state index is 11.9. The van der Waals surface area contributed by atoms with Crippen LogP contribution in [0.15, 0.2) is 54.6 Å². The van der Waals surface area contributed by atoms with E-state index in [1.54, 1.807) is 19.2 Å². The highest BCUT2D eigenvalue weighted by Gasteiger charge is 2.06. The van der Waals surface area contributed by atoms with E-state index in [0.717, 1.165) is 11.4 Å². The number of benzene rings is 2. The Morgan fingerprint density at radius 2 is 1.53 bits per heavy atom. The van der Waals surface area contributed by atoms with Crippen LogP contribution < -0.4 is 20.7 Å². The molecule has 0 radical (unpaired) electrons. The third-order valence-electron chi connectivity index (χ3n) is 4.42. The number of hydrogen-bond donors (Lipinski definition) is 3. The van der Waals surface area contributed by atoms with E-state index in [2.05, 4.69) is 30.9 Å². The summed E-state index contributed by atoms with van der Waals surface area (Å²) >= 11 is 6.00. The molecule has 0 bridgehead atoms. The van der Waals surface area contributed by atoms with Gasteiger partial charge in [0, 0.05) is 24.3 Å². The van der Waals surface area contributed by atoms with E-state index in [1.807, 2.05) is 42.5 Å². The van der Waals surface area contributed by atoms with Crippen LogP contribution in [0.1, 0.15) is 10.4 Å². The summed E-state index contributed by atoms with van der Waals surface area (Å²) in [5.41, 5.74) is 1.42. The molecule has 0 aliphatic heterocycles. The van der Waals surface area contributed by atoms with Crippen LogP contribution in [0.2, 0.25) is 5.28 Å². The first-order valence-corrected chi connectivity index (χ1v) is 11.1. The zero-order chi connectivity index (χ0) is 24.0. The number of carbonyl (C=O) groups excluding carboxylic acids is 1. The molecule has 1 heterocycles. The molecule has 0 spiro atoms. The third kappa shape index (κ3) is 8.81. The number of hydrogen-bond acceptors (Lipinski definition) is 9. The van der Waals surface area contributed by atoms with Crippen molar-refractivity contribution in [2.24, 2.45) is 0 Å². The number of methoxy groups -OCH3 is 1. The first kappa shape index (κ1) is 25.2. The van der Waals surface area contributed by atoms with Crippen molar-refractivity contribution in [3.05, 3.63) is 65.4 Å². The average Bonchev–Trinajstić information content (AvgIpc) is 2.85. The van der Waals surface area contributed by atoms with Crippen LogP contribution in [-0.4, -0.2) is 67.5 Å². The van der Waals surface area contributed by atoms with Crippen LogP contribution in [0.3, 0.4) is 0 Å². The Labute approximate surface area is 203 Å². The number of amides is 1. The summed E-state index contributed by atoms with van der Waals surface area (Å²) in [5, 5.41) is 8.99. The predicted molar refractivity (Wildman–Crippen MR) is 130 cm³/mol. The molecule has 34 heavy (non-hydrogen) atoms. The number of anilines is 3. The molecule has 0 atom stereocenters. The van der Waals surface area contributed by atoms with E-state index >= 15 is 0 Å². The molecule has 3 rings (SSSR count). The zero-order valence-electron chi connectivity index (χ0n) is 18.8. The van der Waals surface area contributed by atoms with Gasteiger partial charge >= 0.3 is 0 Å². The lowest BCUT2D eigenvalue weighted by Gasteiger charge is -2.10. The summed E-state index contributed by atoms with van der Waals surface area (Å²) in [5.74, 6) is 1.29. The molecular weight excluding hydrogens is 460 g/mol. The van der Waals surface area contributed by atoms with Gasteiger partial charge in [-0.1, -0.05) is 18.2 Å². The number of rotatable bonds is 14. The maximum Gasteiger partial charge on any atom is 0.251 e. The quantitative estimate of drug-likeness (QED) is 0.295. The van der Waals surface area contributed by atoms with E-state index in [9.17, 15) is 4.79 Å². The summed E-state index contributed by atoms with van der Waals surface area (Å²) in [4.78, 5) is 24.3. The largest absolute Gasteiger partial charge is 0.497 e. The molecule has 0 aliphatic carbocycles. The Morgan fingerprint density at radius 3 is 2.24 bits per heavy atom. The topological polar surface area (TPSA) is 120 Å². The van der Waals surface area contributed by atoms with Crippen molar-refractivity contribution in [2.75, 3.05) is 57.3 Å². The lowest BCUT2D eigenvalue weighted by atomic mass is 10.2. The molecule has 0 fully saturated rings. The van der Waals surface area contributed by atoms with Gasteiger partial charge in [0.25, 0.3) is 5.91 Å². The lowest BCUT2D eigenvalue weighted by Crippen LogP contribution is -2.27. The monoisotopic (exact) mass is 486 g/mol. The second-order valence-corrected chi connectivity index (χ2v) is 7.22. The van der Waals surface area contributed by atoms with E-state index in [-0.39, 0.29) is 11.2 Å². The van der Waals surface area contributed by atoms with Crippen molar-refractivity contribution in [1.82, 2.24) is 20.3 Å². The molecule has 0 saturated heterocycles. The van der Waals surface area contributed by atoms with Gasteiger partial charge < -0.3 is 30.2 Å². The van der Waals surface area contributed by atoms with Crippen LogP contribution in [0, 0.1) is 0 Å². The molecule has 3 N–H and O–H groups in total. The smallest absolute Gasteiger partial charge is 0.251 e. The minimum atomic E-state index is -0.118. The van der Waals surface area contributed by atoms with Crippen LogP contribution in [0.5, 0.6) is 5.75 Å². The Bertz CT molecular complexity index is 1020. The van der Waals surface area contributed by atoms with Gasteiger partial charge in [0.1, 0.15) is 5.75 Å². The minimum absolute atomic E-state index is 0.0715. The van der Waals surface area contributed by atoms with Gasteiger partial charge in [-0.05, 0) is 48.0 Å². The fraction of sp³-hybridized carbons (Fsp3) is 0.304. The van der Waals surface area contributed by atoms with Crippen molar-refractivity contribution in [3.63, 3.8) is 0 Å². The highest BCUT2D eigenvalue weighted by atomic mass is 35.5. The molecular formula is C23H27ClN6O4. The van der Waals surface area contributed by atoms with Crippen molar-refractivity contribution < 1.29 is 19.0 Å². The summed E-state index contributed by atoms with van der Waals surface area (Å²) in [6.07, 6.45) is 0. The molecule has 10 nitrogen and oxygen atoms in total. The first-order chi connectivity index (χ1) is 16.6. The molecule has 0 saturated carbocycles. The molecule has 3 aromatic rings. The maximum absolute atomic E-state index is 11.9. The lowest BCUT2D eigenvalue weighted by molar-refractivity contribution is 0.0519. The molecule has 180 valence electrons. The fourth-order valence-electron chi connectivity index (χ4n) is 2.77. The van der Waals surface area contributed by atoms with Crippen LogP contribution in [0.4, 0.5) is 17.6 Å². The predicted octanol–water partition coefficient (Wildman–Crippen LogP) is 3.15. The standard InChI is InChI=1S/C23H27ClN6O4/c1-32-19-9-7-18(8-10-19)27-23-29-21(24)28-22(30-23)26-12-14-34-16-15-33-13-11-25-20(31)17-5-3-2-4-6-17/h2-10H,11-16H2,1H3,(H,25,31)(H2,26,27,28,29,30). The molecule has 0 aliphatic rings. The number of ether oxygens (including phenoxy) is 3. The number of halogens is 1. The van der Waals surface area contributed by atoms with Crippen LogP contribution >= 0.6 is 11.6 Å². The summed E-state index contributed by atoms with van der Waals surface area (Å²) in [6.45, 7) is 2.61. The molecule has 2 aromatic carbocycles.